The average Bonchev–Trinajstić information content (AvgIpc) is 2.68. The van der Waals surface area contributed by atoms with E-state index in [-0.39, 0.29) is 10.6 Å². The summed E-state index contributed by atoms with van der Waals surface area (Å²) in [6.45, 7) is 0.783. The van der Waals surface area contributed by atoms with Crippen LogP contribution in [0.2, 0.25) is 0 Å². The van der Waals surface area contributed by atoms with Gasteiger partial charge in [0.2, 0.25) is 10.0 Å². The molecule has 11 heteroatoms. The second kappa shape index (κ2) is 7.96. The van der Waals surface area contributed by atoms with Crippen molar-refractivity contribution in [3.8, 4) is 0 Å². The van der Waals surface area contributed by atoms with Gasteiger partial charge in [-0.05, 0) is 49.2 Å². The zero-order valence-electron chi connectivity index (χ0n) is 15.2. The lowest BCUT2D eigenvalue weighted by molar-refractivity contribution is -0.137. The number of sulfonamides is 2. The van der Waals surface area contributed by atoms with Crippen molar-refractivity contribution in [3.63, 3.8) is 0 Å². The molecule has 0 radical (unpaired) electrons. The number of halogens is 3. The van der Waals surface area contributed by atoms with Crippen molar-refractivity contribution in [1.82, 2.24) is 4.31 Å². The fraction of sp³-hybridized carbons (Fsp3) is 0.333. The summed E-state index contributed by atoms with van der Waals surface area (Å²) >= 11 is 0. The largest absolute Gasteiger partial charge is 0.416 e. The van der Waals surface area contributed by atoms with E-state index in [1.807, 2.05) is 0 Å². The van der Waals surface area contributed by atoms with Crippen LogP contribution in [-0.4, -0.2) is 34.2 Å². The molecule has 3 rings (SSSR count). The SMILES string of the molecule is O=S(=O)(Nc1cccc(S(=O)(=O)N2CCCCC2)c1)c1cccc(C(F)(F)F)c1. The number of alkyl halides is 3. The maximum absolute atomic E-state index is 12.9. The predicted octanol–water partition coefficient (Wildman–Crippen LogP) is 3.68. The molecular weight excluding hydrogens is 429 g/mol. The van der Waals surface area contributed by atoms with Crippen molar-refractivity contribution in [1.29, 1.82) is 0 Å². The molecule has 0 aliphatic carbocycles. The van der Waals surface area contributed by atoms with Crippen LogP contribution in [0.5, 0.6) is 0 Å². The highest BCUT2D eigenvalue weighted by molar-refractivity contribution is 7.92. The number of rotatable bonds is 5. The van der Waals surface area contributed by atoms with Gasteiger partial charge in [0.15, 0.2) is 0 Å². The molecule has 1 heterocycles. The van der Waals surface area contributed by atoms with Gasteiger partial charge in [0, 0.05) is 13.1 Å². The molecule has 0 atom stereocenters. The number of hydrogen-bond donors (Lipinski definition) is 1. The quantitative estimate of drug-likeness (QED) is 0.756. The molecule has 2 aromatic carbocycles. The lowest BCUT2D eigenvalue weighted by Gasteiger charge is -2.26. The summed E-state index contributed by atoms with van der Waals surface area (Å²) in [5, 5.41) is 0. The summed E-state index contributed by atoms with van der Waals surface area (Å²) in [7, 11) is -8.12. The third-order valence-electron chi connectivity index (χ3n) is 4.51. The summed E-state index contributed by atoms with van der Waals surface area (Å²) in [4.78, 5) is -0.653. The maximum atomic E-state index is 12.9. The van der Waals surface area contributed by atoms with E-state index < -0.39 is 36.7 Å². The van der Waals surface area contributed by atoms with Crippen LogP contribution in [0.15, 0.2) is 58.3 Å². The van der Waals surface area contributed by atoms with Crippen LogP contribution in [0.1, 0.15) is 24.8 Å². The Morgan fingerprint density at radius 2 is 1.45 bits per heavy atom. The first kappa shape index (κ1) is 21.6. The highest BCUT2D eigenvalue weighted by Gasteiger charge is 2.32. The van der Waals surface area contributed by atoms with Crippen molar-refractivity contribution in [2.45, 2.75) is 35.2 Å². The van der Waals surface area contributed by atoms with Gasteiger partial charge in [0.25, 0.3) is 10.0 Å². The molecule has 6 nitrogen and oxygen atoms in total. The fourth-order valence-electron chi connectivity index (χ4n) is 3.03. The van der Waals surface area contributed by atoms with Crippen LogP contribution in [0.25, 0.3) is 0 Å². The third-order valence-corrected chi connectivity index (χ3v) is 7.78. The Kier molecular flexibility index (Phi) is 5.93. The van der Waals surface area contributed by atoms with Gasteiger partial charge in [-0.15, -0.1) is 0 Å². The van der Waals surface area contributed by atoms with Crippen molar-refractivity contribution in [3.05, 3.63) is 54.1 Å². The fourth-order valence-corrected chi connectivity index (χ4v) is 5.69. The van der Waals surface area contributed by atoms with E-state index >= 15 is 0 Å². The van der Waals surface area contributed by atoms with E-state index in [1.165, 1.54) is 22.5 Å². The Morgan fingerprint density at radius 3 is 2.10 bits per heavy atom. The molecule has 0 saturated carbocycles. The number of nitrogens with one attached hydrogen (secondary N) is 1. The lowest BCUT2D eigenvalue weighted by Crippen LogP contribution is -2.35. The van der Waals surface area contributed by atoms with Crippen LogP contribution in [0.4, 0.5) is 18.9 Å². The minimum absolute atomic E-state index is 0.0551. The zero-order chi connectivity index (χ0) is 21.3. The summed E-state index contributed by atoms with van der Waals surface area (Å²) < 4.78 is 92.6. The molecule has 2 aromatic rings. The minimum atomic E-state index is -4.69. The van der Waals surface area contributed by atoms with Gasteiger partial charge in [-0.3, -0.25) is 4.72 Å². The van der Waals surface area contributed by atoms with E-state index in [0.29, 0.717) is 19.2 Å². The molecule has 0 aromatic heterocycles. The van der Waals surface area contributed by atoms with Gasteiger partial charge in [-0.2, -0.15) is 17.5 Å². The van der Waals surface area contributed by atoms with E-state index in [2.05, 4.69) is 4.72 Å². The van der Waals surface area contributed by atoms with Crippen LogP contribution in [0.3, 0.4) is 0 Å². The molecule has 1 fully saturated rings. The van der Waals surface area contributed by atoms with E-state index in [4.69, 9.17) is 0 Å². The summed E-state index contributed by atoms with van der Waals surface area (Å²) in [5.74, 6) is 0. The topological polar surface area (TPSA) is 83.5 Å². The Labute approximate surface area is 167 Å². The second-order valence-electron chi connectivity index (χ2n) is 6.62. The molecule has 0 amide bonds. The highest BCUT2D eigenvalue weighted by Crippen LogP contribution is 2.31. The van der Waals surface area contributed by atoms with Gasteiger partial charge >= 0.3 is 6.18 Å². The highest BCUT2D eigenvalue weighted by atomic mass is 32.2. The normalized spacial score (nSPS) is 16.5. The summed E-state index contributed by atoms with van der Waals surface area (Å²) in [6, 6.07) is 8.55. The minimum Gasteiger partial charge on any atom is -0.280 e. The van der Waals surface area contributed by atoms with Gasteiger partial charge in [-0.25, -0.2) is 16.8 Å². The molecule has 1 saturated heterocycles. The van der Waals surface area contributed by atoms with Crippen molar-refractivity contribution >= 4 is 25.7 Å². The van der Waals surface area contributed by atoms with E-state index in [1.54, 1.807) is 0 Å². The Balaban J connectivity index is 1.88. The standard InChI is InChI=1S/C18H19F3N2O4S2/c19-18(20,21)14-6-4-8-16(12-14)28(24,25)22-15-7-5-9-17(13-15)29(26,27)23-10-2-1-3-11-23/h4-9,12-13,22H,1-3,10-11H2. The first-order valence-corrected chi connectivity index (χ1v) is 11.7. The third kappa shape index (κ3) is 4.90. The molecule has 158 valence electrons. The molecule has 0 spiro atoms. The first-order chi connectivity index (χ1) is 13.5. The van der Waals surface area contributed by atoms with Gasteiger partial charge in [-0.1, -0.05) is 18.6 Å². The molecular formula is C18H19F3N2O4S2. The first-order valence-electron chi connectivity index (χ1n) is 8.80. The van der Waals surface area contributed by atoms with Crippen LogP contribution < -0.4 is 4.72 Å². The van der Waals surface area contributed by atoms with E-state index in [0.717, 1.165) is 43.5 Å². The van der Waals surface area contributed by atoms with Crippen LogP contribution in [-0.2, 0) is 26.2 Å². The van der Waals surface area contributed by atoms with Crippen molar-refractivity contribution in [2.75, 3.05) is 17.8 Å². The number of hydrogen-bond acceptors (Lipinski definition) is 4. The molecule has 0 bridgehead atoms. The summed E-state index contributed by atoms with van der Waals surface area (Å²) in [5.41, 5.74) is -1.15. The number of benzene rings is 2. The van der Waals surface area contributed by atoms with E-state index in [9.17, 15) is 30.0 Å². The van der Waals surface area contributed by atoms with Gasteiger partial charge in [0.05, 0.1) is 21.0 Å². The zero-order valence-corrected chi connectivity index (χ0v) is 16.8. The smallest absolute Gasteiger partial charge is 0.280 e. The monoisotopic (exact) mass is 448 g/mol. The Morgan fingerprint density at radius 1 is 0.828 bits per heavy atom. The molecule has 29 heavy (non-hydrogen) atoms. The van der Waals surface area contributed by atoms with Crippen LogP contribution in [0, 0.1) is 0 Å². The molecule has 1 aliphatic heterocycles. The molecule has 0 unspecified atom stereocenters. The molecule has 1 aliphatic rings. The van der Waals surface area contributed by atoms with Crippen molar-refractivity contribution < 1.29 is 30.0 Å². The van der Waals surface area contributed by atoms with Crippen LogP contribution >= 0.6 is 0 Å². The Bertz CT molecular complexity index is 1090. The van der Waals surface area contributed by atoms with Gasteiger partial charge < -0.3 is 0 Å². The number of piperidine rings is 1. The van der Waals surface area contributed by atoms with Gasteiger partial charge in [0.1, 0.15) is 0 Å². The molecule has 1 N–H and O–H groups in total. The number of nitrogens with zero attached hydrogens (tertiary/aromatic N) is 1. The second-order valence-corrected chi connectivity index (χ2v) is 10.2. The number of anilines is 1. The predicted molar refractivity (Wildman–Crippen MR) is 101 cm³/mol. The average molecular weight is 448 g/mol. The summed E-state index contributed by atoms with van der Waals surface area (Å²) in [6.07, 6.45) is -2.24. The maximum Gasteiger partial charge on any atom is 0.416 e. The Hall–Kier alpha value is -2.11. The lowest BCUT2D eigenvalue weighted by atomic mass is 10.2. The van der Waals surface area contributed by atoms with Crippen molar-refractivity contribution in [2.24, 2.45) is 0 Å².